The highest BCUT2D eigenvalue weighted by Crippen LogP contribution is 2.33. The molecule has 0 saturated carbocycles. The predicted molar refractivity (Wildman–Crippen MR) is 100 cm³/mol. The maximum Gasteiger partial charge on any atom is 0.281 e. The summed E-state index contributed by atoms with van der Waals surface area (Å²) < 4.78 is 3.40. The summed E-state index contributed by atoms with van der Waals surface area (Å²) in [6.45, 7) is 1.95. The van der Waals surface area contributed by atoms with E-state index in [1.54, 1.807) is 23.5 Å². The van der Waals surface area contributed by atoms with Gasteiger partial charge in [-0.2, -0.15) is 0 Å². The second-order valence-corrected chi connectivity index (χ2v) is 6.81. The monoisotopic (exact) mass is 392 g/mol. The molecule has 4 aromatic rings. The van der Waals surface area contributed by atoms with Gasteiger partial charge >= 0.3 is 0 Å². The number of hydrogen-bond donors (Lipinski definition) is 0. The van der Waals surface area contributed by atoms with Crippen LogP contribution >= 0.6 is 34.8 Å². The molecule has 126 valence electrons. The second-order valence-electron chi connectivity index (χ2n) is 5.62. The van der Waals surface area contributed by atoms with E-state index in [2.05, 4.69) is 10.2 Å². The van der Waals surface area contributed by atoms with Crippen molar-refractivity contribution in [2.75, 3.05) is 0 Å². The Bertz CT molecular complexity index is 1200. The maximum atomic E-state index is 12.6. The van der Waals surface area contributed by atoms with Crippen molar-refractivity contribution < 1.29 is 0 Å². The van der Waals surface area contributed by atoms with Crippen molar-refractivity contribution in [3.63, 3.8) is 0 Å². The van der Waals surface area contributed by atoms with Gasteiger partial charge in [-0.15, -0.1) is 10.2 Å². The molecule has 2 heterocycles. The largest absolute Gasteiger partial charge is 0.304 e. The molecule has 4 rings (SSSR count). The van der Waals surface area contributed by atoms with Crippen molar-refractivity contribution in [2.45, 2.75) is 13.5 Å². The average molecular weight is 394 g/mol. The Kier molecular flexibility index (Phi) is 3.95. The van der Waals surface area contributed by atoms with Gasteiger partial charge in [0.05, 0.1) is 27.6 Å². The van der Waals surface area contributed by atoms with E-state index < -0.39 is 0 Å². The Balaban J connectivity index is 2.07. The summed E-state index contributed by atoms with van der Waals surface area (Å²) >= 11 is 18.8. The number of aromatic nitrogens is 4. The number of fused-ring (bicyclic) bond motifs is 3. The van der Waals surface area contributed by atoms with Crippen LogP contribution < -0.4 is 5.56 Å². The molecule has 2 aromatic heterocycles. The minimum atomic E-state index is -0.205. The quantitative estimate of drug-likeness (QED) is 0.475. The van der Waals surface area contributed by atoms with Crippen LogP contribution in [-0.4, -0.2) is 19.2 Å². The van der Waals surface area contributed by atoms with E-state index in [-0.39, 0.29) is 5.56 Å². The van der Waals surface area contributed by atoms with Crippen LogP contribution in [-0.2, 0) is 6.54 Å². The molecular formula is C17H11Cl3N4O. The van der Waals surface area contributed by atoms with E-state index in [1.807, 2.05) is 28.8 Å². The first-order valence-corrected chi connectivity index (χ1v) is 8.58. The minimum Gasteiger partial charge on any atom is -0.304 e. The third-order valence-corrected chi connectivity index (χ3v) is 5.31. The number of halogens is 3. The number of rotatable bonds is 2. The van der Waals surface area contributed by atoms with Crippen molar-refractivity contribution in [1.29, 1.82) is 0 Å². The molecular weight excluding hydrogens is 383 g/mol. The van der Waals surface area contributed by atoms with Crippen LogP contribution in [0.15, 0.2) is 41.2 Å². The van der Waals surface area contributed by atoms with E-state index in [4.69, 9.17) is 34.8 Å². The fraction of sp³-hybridized carbons (Fsp3) is 0.118. The number of benzene rings is 2. The van der Waals surface area contributed by atoms with Crippen LogP contribution in [0.25, 0.3) is 16.8 Å². The lowest BCUT2D eigenvalue weighted by Gasteiger charge is -2.10. The van der Waals surface area contributed by atoms with E-state index in [1.165, 1.54) is 0 Å². The Morgan fingerprint density at radius 2 is 1.64 bits per heavy atom. The molecule has 0 bridgehead atoms. The van der Waals surface area contributed by atoms with Gasteiger partial charge < -0.3 is 4.57 Å². The molecule has 0 aliphatic rings. The van der Waals surface area contributed by atoms with E-state index in [9.17, 15) is 4.79 Å². The van der Waals surface area contributed by atoms with Crippen LogP contribution in [0, 0.1) is 6.92 Å². The summed E-state index contributed by atoms with van der Waals surface area (Å²) in [5.74, 6) is 0.420. The fourth-order valence-electron chi connectivity index (χ4n) is 2.87. The summed E-state index contributed by atoms with van der Waals surface area (Å²) in [5.41, 5.74) is 2.36. The Morgan fingerprint density at radius 3 is 2.40 bits per heavy atom. The first-order chi connectivity index (χ1) is 12.0. The zero-order valence-electron chi connectivity index (χ0n) is 13.0. The molecule has 5 nitrogen and oxygen atoms in total. The van der Waals surface area contributed by atoms with E-state index in [0.717, 1.165) is 11.0 Å². The summed E-state index contributed by atoms with van der Waals surface area (Å²) in [5, 5.41) is 9.48. The third kappa shape index (κ3) is 2.51. The van der Waals surface area contributed by atoms with Gasteiger partial charge in [-0.1, -0.05) is 46.9 Å². The summed E-state index contributed by atoms with van der Waals surface area (Å²) in [6.07, 6.45) is 0. The molecule has 2 aromatic carbocycles. The number of hydrogen-bond acceptors (Lipinski definition) is 3. The summed E-state index contributed by atoms with van der Waals surface area (Å²) in [7, 11) is 0. The Labute approximate surface area is 157 Å². The third-order valence-electron chi connectivity index (χ3n) is 4.11. The molecule has 0 spiro atoms. The SMILES string of the molecule is Cc1nnc2n(Cc3c(Cl)ccc(Cl)c3Cl)c3ccccc3n2c1=O. The maximum absolute atomic E-state index is 12.6. The average Bonchev–Trinajstić information content (AvgIpc) is 2.93. The molecule has 0 unspecified atom stereocenters. The zero-order chi connectivity index (χ0) is 17.7. The molecule has 0 N–H and O–H groups in total. The van der Waals surface area contributed by atoms with Gasteiger partial charge in [-0.05, 0) is 31.2 Å². The van der Waals surface area contributed by atoms with Gasteiger partial charge in [0.2, 0.25) is 5.78 Å². The van der Waals surface area contributed by atoms with Gasteiger partial charge in [0.25, 0.3) is 5.56 Å². The van der Waals surface area contributed by atoms with Gasteiger partial charge in [0.15, 0.2) is 0 Å². The lowest BCUT2D eigenvalue weighted by Crippen LogP contribution is -2.19. The molecule has 0 radical (unpaired) electrons. The van der Waals surface area contributed by atoms with Gasteiger partial charge in [-0.25, -0.2) is 4.40 Å². The van der Waals surface area contributed by atoms with Crippen LogP contribution in [0.3, 0.4) is 0 Å². The van der Waals surface area contributed by atoms with Crippen LogP contribution in [0.5, 0.6) is 0 Å². The van der Waals surface area contributed by atoms with Crippen molar-refractivity contribution >= 4 is 51.6 Å². The zero-order valence-corrected chi connectivity index (χ0v) is 15.3. The van der Waals surface area contributed by atoms with Crippen LogP contribution in [0.1, 0.15) is 11.3 Å². The van der Waals surface area contributed by atoms with Crippen molar-refractivity contribution in [3.05, 3.63) is 73.1 Å². The van der Waals surface area contributed by atoms with Crippen LogP contribution in [0.2, 0.25) is 15.1 Å². The Hall–Kier alpha value is -2.08. The molecule has 0 atom stereocenters. The number of para-hydroxylation sites is 2. The van der Waals surface area contributed by atoms with E-state index in [0.29, 0.717) is 38.6 Å². The van der Waals surface area contributed by atoms with Crippen molar-refractivity contribution in [2.24, 2.45) is 0 Å². The van der Waals surface area contributed by atoms with Gasteiger partial charge in [0, 0.05) is 10.6 Å². The molecule has 25 heavy (non-hydrogen) atoms. The number of aryl methyl sites for hydroxylation is 1. The topological polar surface area (TPSA) is 52.2 Å². The summed E-state index contributed by atoms with van der Waals surface area (Å²) in [4.78, 5) is 12.6. The smallest absolute Gasteiger partial charge is 0.281 e. The first-order valence-electron chi connectivity index (χ1n) is 7.44. The predicted octanol–water partition coefficient (Wildman–Crippen LogP) is 4.36. The fourth-order valence-corrected chi connectivity index (χ4v) is 3.54. The first kappa shape index (κ1) is 16.4. The van der Waals surface area contributed by atoms with Gasteiger partial charge in [0.1, 0.15) is 5.69 Å². The number of nitrogens with zero attached hydrogens (tertiary/aromatic N) is 4. The lowest BCUT2D eigenvalue weighted by atomic mass is 10.2. The highest BCUT2D eigenvalue weighted by molar-refractivity contribution is 6.44. The lowest BCUT2D eigenvalue weighted by molar-refractivity contribution is 0.798. The number of imidazole rings is 1. The standard InChI is InChI=1S/C17H11Cl3N4O/c1-9-16(25)24-14-5-3-2-4-13(14)23(17(24)22-21-9)8-10-11(18)6-7-12(19)15(10)20/h2-7H,8H2,1H3. The molecule has 0 aliphatic heterocycles. The molecule has 0 amide bonds. The second kappa shape index (κ2) is 6.02. The van der Waals surface area contributed by atoms with Crippen molar-refractivity contribution in [3.8, 4) is 0 Å². The summed E-state index contributed by atoms with van der Waals surface area (Å²) in [6, 6.07) is 10.9. The van der Waals surface area contributed by atoms with Crippen LogP contribution in [0.4, 0.5) is 0 Å². The molecule has 8 heteroatoms. The highest BCUT2D eigenvalue weighted by Gasteiger charge is 2.18. The molecule has 0 aliphatic carbocycles. The normalized spacial score (nSPS) is 11.5. The Morgan fingerprint density at radius 1 is 0.960 bits per heavy atom. The van der Waals surface area contributed by atoms with Crippen molar-refractivity contribution in [1.82, 2.24) is 19.2 Å². The van der Waals surface area contributed by atoms with E-state index >= 15 is 0 Å². The minimum absolute atomic E-state index is 0.205. The molecule has 0 fully saturated rings. The molecule has 0 saturated heterocycles. The van der Waals surface area contributed by atoms with Gasteiger partial charge in [-0.3, -0.25) is 4.79 Å². The highest BCUT2D eigenvalue weighted by atomic mass is 35.5.